The van der Waals surface area contributed by atoms with Gasteiger partial charge in [0.25, 0.3) is 0 Å². The zero-order chi connectivity index (χ0) is 13.9. The van der Waals surface area contributed by atoms with Gasteiger partial charge in [0.2, 0.25) is 12.7 Å². The summed E-state index contributed by atoms with van der Waals surface area (Å²) >= 11 is 5.80. The first-order valence-electron chi connectivity index (χ1n) is 6.15. The van der Waals surface area contributed by atoms with Crippen LogP contribution in [0.3, 0.4) is 0 Å². The van der Waals surface area contributed by atoms with Crippen LogP contribution in [0.25, 0.3) is 0 Å². The highest BCUT2D eigenvalue weighted by Gasteiger charge is 2.18. The number of hydrogen-bond acceptors (Lipinski definition) is 3. The van der Waals surface area contributed by atoms with Gasteiger partial charge in [0.15, 0.2) is 11.5 Å². The molecule has 0 bridgehead atoms. The summed E-state index contributed by atoms with van der Waals surface area (Å²) in [6.07, 6.45) is 0.231. The van der Waals surface area contributed by atoms with Crippen LogP contribution in [0.2, 0.25) is 5.02 Å². The Hall–Kier alpha value is -2.20. The van der Waals surface area contributed by atoms with Crippen LogP contribution in [0.1, 0.15) is 5.56 Å². The maximum atomic E-state index is 12.0. The Morgan fingerprint density at radius 2 is 1.95 bits per heavy atom. The summed E-state index contributed by atoms with van der Waals surface area (Å²) in [5.41, 5.74) is 1.52. The molecule has 1 aliphatic heterocycles. The van der Waals surface area contributed by atoms with Crippen LogP contribution in [0.15, 0.2) is 42.5 Å². The van der Waals surface area contributed by atoms with Crippen molar-refractivity contribution in [1.29, 1.82) is 0 Å². The van der Waals surface area contributed by atoms with E-state index in [1.807, 2.05) is 18.2 Å². The second-order valence-corrected chi connectivity index (χ2v) is 4.82. The van der Waals surface area contributed by atoms with Gasteiger partial charge in [-0.05, 0) is 30.3 Å². The summed E-state index contributed by atoms with van der Waals surface area (Å²) in [6, 6.07) is 12.5. The Bertz CT molecular complexity index is 640. The number of rotatable bonds is 3. The fourth-order valence-corrected chi connectivity index (χ4v) is 2.17. The molecule has 3 rings (SSSR count). The van der Waals surface area contributed by atoms with Crippen molar-refractivity contribution in [2.24, 2.45) is 0 Å². The molecule has 0 unspecified atom stereocenters. The van der Waals surface area contributed by atoms with Crippen molar-refractivity contribution < 1.29 is 14.3 Å². The fraction of sp³-hybridized carbons (Fsp3) is 0.133. The van der Waals surface area contributed by atoms with Gasteiger partial charge in [-0.1, -0.05) is 23.7 Å². The maximum absolute atomic E-state index is 12.0. The standard InChI is InChI=1S/C15H12ClNO3/c16-11-4-6-12(7-5-11)17-14(18)8-10-2-1-3-13-15(10)20-9-19-13/h1-7H,8-9H2,(H,17,18). The number of carbonyl (C=O) groups excluding carboxylic acids is 1. The normalized spacial score (nSPS) is 12.2. The summed E-state index contributed by atoms with van der Waals surface area (Å²) in [5.74, 6) is 1.22. The summed E-state index contributed by atoms with van der Waals surface area (Å²) in [4.78, 5) is 12.0. The van der Waals surface area contributed by atoms with Crippen LogP contribution in [-0.2, 0) is 11.2 Å². The van der Waals surface area contributed by atoms with E-state index in [2.05, 4.69) is 5.32 Å². The van der Waals surface area contributed by atoms with Gasteiger partial charge in [-0.3, -0.25) is 4.79 Å². The second kappa shape index (κ2) is 5.43. The Labute approximate surface area is 121 Å². The van der Waals surface area contributed by atoms with E-state index in [1.54, 1.807) is 24.3 Å². The third-order valence-corrected chi connectivity index (χ3v) is 3.21. The minimum atomic E-state index is -0.115. The van der Waals surface area contributed by atoms with Gasteiger partial charge in [-0.2, -0.15) is 0 Å². The highest BCUT2D eigenvalue weighted by molar-refractivity contribution is 6.30. The third kappa shape index (κ3) is 2.70. The third-order valence-electron chi connectivity index (χ3n) is 2.96. The second-order valence-electron chi connectivity index (χ2n) is 4.38. The highest BCUT2D eigenvalue weighted by atomic mass is 35.5. The van der Waals surface area contributed by atoms with Crippen LogP contribution < -0.4 is 14.8 Å². The number of carbonyl (C=O) groups is 1. The monoisotopic (exact) mass is 289 g/mol. The number of fused-ring (bicyclic) bond motifs is 1. The van der Waals surface area contributed by atoms with Crippen molar-refractivity contribution in [2.75, 3.05) is 12.1 Å². The minimum absolute atomic E-state index is 0.115. The van der Waals surface area contributed by atoms with Crippen LogP contribution in [0.4, 0.5) is 5.69 Å². The molecule has 0 aromatic heterocycles. The Morgan fingerprint density at radius 1 is 1.15 bits per heavy atom. The lowest BCUT2D eigenvalue weighted by atomic mass is 10.1. The molecule has 5 heteroatoms. The maximum Gasteiger partial charge on any atom is 0.231 e. The van der Waals surface area contributed by atoms with Crippen molar-refractivity contribution in [3.63, 3.8) is 0 Å². The average molecular weight is 290 g/mol. The van der Waals surface area contributed by atoms with E-state index >= 15 is 0 Å². The molecule has 1 N–H and O–H groups in total. The number of nitrogens with one attached hydrogen (secondary N) is 1. The van der Waals surface area contributed by atoms with Crippen LogP contribution in [-0.4, -0.2) is 12.7 Å². The Morgan fingerprint density at radius 3 is 2.75 bits per heavy atom. The molecule has 0 spiro atoms. The number of hydrogen-bond donors (Lipinski definition) is 1. The lowest BCUT2D eigenvalue weighted by Crippen LogP contribution is -2.14. The van der Waals surface area contributed by atoms with Gasteiger partial charge in [-0.25, -0.2) is 0 Å². The molecule has 0 saturated carbocycles. The summed E-state index contributed by atoms with van der Waals surface area (Å²) in [7, 11) is 0. The van der Waals surface area contributed by atoms with Crippen LogP contribution >= 0.6 is 11.6 Å². The SMILES string of the molecule is O=C(Cc1cccc2c1OCO2)Nc1ccc(Cl)cc1. The van der Waals surface area contributed by atoms with Crippen molar-refractivity contribution in [1.82, 2.24) is 0 Å². The number of halogens is 1. The van der Waals surface area contributed by atoms with Crippen molar-refractivity contribution in [3.05, 3.63) is 53.1 Å². The number of ether oxygens (including phenoxy) is 2. The summed E-state index contributed by atoms with van der Waals surface area (Å²) in [5, 5.41) is 3.45. The first-order valence-corrected chi connectivity index (χ1v) is 6.53. The van der Waals surface area contributed by atoms with E-state index in [1.165, 1.54) is 0 Å². The lowest BCUT2D eigenvalue weighted by molar-refractivity contribution is -0.115. The molecule has 1 aliphatic rings. The molecule has 20 heavy (non-hydrogen) atoms. The predicted molar refractivity (Wildman–Crippen MR) is 76.4 cm³/mol. The predicted octanol–water partition coefficient (Wildman–Crippen LogP) is 3.25. The smallest absolute Gasteiger partial charge is 0.231 e. The summed E-state index contributed by atoms with van der Waals surface area (Å²) < 4.78 is 10.7. The van der Waals surface area contributed by atoms with Gasteiger partial charge in [0.05, 0.1) is 6.42 Å². The molecular formula is C15H12ClNO3. The largest absolute Gasteiger partial charge is 0.454 e. The molecule has 0 aliphatic carbocycles. The van der Waals surface area contributed by atoms with Gasteiger partial charge >= 0.3 is 0 Å². The molecule has 0 fully saturated rings. The number of para-hydroxylation sites is 1. The van der Waals surface area contributed by atoms with E-state index in [0.717, 1.165) is 5.56 Å². The van der Waals surface area contributed by atoms with Crippen LogP contribution in [0, 0.1) is 0 Å². The topological polar surface area (TPSA) is 47.6 Å². The van der Waals surface area contributed by atoms with Gasteiger partial charge < -0.3 is 14.8 Å². The number of anilines is 1. The van der Waals surface area contributed by atoms with E-state index in [9.17, 15) is 4.79 Å². The molecule has 0 saturated heterocycles. The zero-order valence-electron chi connectivity index (χ0n) is 10.6. The zero-order valence-corrected chi connectivity index (χ0v) is 11.3. The highest BCUT2D eigenvalue weighted by Crippen LogP contribution is 2.35. The molecule has 0 atom stereocenters. The Balaban J connectivity index is 1.70. The number of amides is 1. The Kier molecular flexibility index (Phi) is 3.48. The van der Waals surface area contributed by atoms with Crippen molar-refractivity contribution in [3.8, 4) is 11.5 Å². The van der Waals surface area contributed by atoms with Crippen molar-refractivity contribution in [2.45, 2.75) is 6.42 Å². The average Bonchev–Trinajstić information content (AvgIpc) is 2.91. The summed E-state index contributed by atoms with van der Waals surface area (Å²) in [6.45, 7) is 0.200. The van der Waals surface area contributed by atoms with Gasteiger partial charge in [0, 0.05) is 16.3 Å². The fourth-order valence-electron chi connectivity index (χ4n) is 2.04. The molecule has 2 aromatic carbocycles. The van der Waals surface area contributed by atoms with E-state index in [4.69, 9.17) is 21.1 Å². The quantitative estimate of drug-likeness (QED) is 0.943. The first kappa shape index (κ1) is 12.8. The number of benzene rings is 2. The van der Waals surface area contributed by atoms with Gasteiger partial charge in [-0.15, -0.1) is 0 Å². The molecule has 102 valence electrons. The molecule has 1 amide bonds. The lowest BCUT2D eigenvalue weighted by Gasteiger charge is -2.07. The minimum Gasteiger partial charge on any atom is -0.454 e. The van der Waals surface area contributed by atoms with E-state index in [-0.39, 0.29) is 19.1 Å². The van der Waals surface area contributed by atoms with Crippen molar-refractivity contribution >= 4 is 23.2 Å². The molecule has 2 aromatic rings. The first-order chi connectivity index (χ1) is 9.72. The molecule has 1 heterocycles. The van der Waals surface area contributed by atoms with E-state index in [0.29, 0.717) is 22.2 Å². The van der Waals surface area contributed by atoms with Crippen LogP contribution in [0.5, 0.6) is 11.5 Å². The van der Waals surface area contributed by atoms with E-state index < -0.39 is 0 Å². The molecule has 4 nitrogen and oxygen atoms in total. The molecule has 0 radical (unpaired) electrons. The molecular weight excluding hydrogens is 278 g/mol. The van der Waals surface area contributed by atoms with Gasteiger partial charge in [0.1, 0.15) is 0 Å².